The Bertz CT molecular complexity index is 282. The van der Waals surface area contributed by atoms with Crippen LogP contribution in [0.15, 0.2) is 28.7 Å². The lowest BCUT2D eigenvalue weighted by Crippen LogP contribution is -2.37. The quantitative estimate of drug-likeness (QED) is 0.879. The van der Waals surface area contributed by atoms with Gasteiger partial charge in [-0.05, 0) is 38.0 Å². The van der Waals surface area contributed by atoms with Gasteiger partial charge in [0.25, 0.3) is 0 Å². The number of benzene rings is 1. The maximum absolute atomic E-state index is 3.53. The molecule has 0 amide bonds. The molecule has 0 saturated carbocycles. The summed E-state index contributed by atoms with van der Waals surface area (Å²) in [5, 5.41) is 3.53. The molecule has 0 atom stereocenters. The molecular formula is C12H19BrClN. The molecule has 1 rings (SSSR count). The van der Waals surface area contributed by atoms with E-state index < -0.39 is 0 Å². The normalized spacial score (nSPS) is 10.9. The van der Waals surface area contributed by atoms with Gasteiger partial charge in [-0.2, -0.15) is 0 Å². The van der Waals surface area contributed by atoms with Crippen LogP contribution in [0.1, 0.15) is 32.8 Å². The first-order valence-corrected chi connectivity index (χ1v) is 5.82. The average Bonchev–Trinajstić information content (AvgIpc) is 2.17. The summed E-state index contributed by atoms with van der Waals surface area (Å²) in [5.41, 5.74) is 1.56. The first kappa shape index (κ1) is 14.9. The zero-order chi connectivity index (χ0) is 10.6. The fourth-order valence-electron chi connectivity index (χ4n) is 1.07. The van der Waals surface area contributed by atoms with Crippen LogP contribution < -0.4 is 5.32 Å². The van der Waals surface area contributed by atoms with Crippen molar-refractivity contribution in [3.8, 4) is 0 Å². The standard InChI is InChI=1S/C12H18BrN.ClH/c1-4-12(2,3)14-9-10-5-7-11(13)8-6-10;/h5-8,14H,4,9H2,1-3H3;1H. The third-order valence-electron chi connectivity index (χ3n) is 2.57. The minimum atomic E-state index is 0. The smallest absolute Gasteiger partial charge is 0.0210 e. The van der Waals surface area contributed by atoms with Gasteiger partial charge in [-0.25, -0.2) is 0 Å². The van der Waals surface area contributed by atoms with Gasteiger partial charge in [-0.15, -0.1) is 12.4 Å². The van der Waals surface area contributed by atoms with Crippen LogP contribution in [0, 0.1) is 0 Å². The average molecular weight is 293 g/mol. The lowest BCUT2D eigenvalue weighted by atomic mass is 10.0. The molecule has 0 radical (unpaired) electrons. The maximum Gasteiger partial charge on any atom is 0.0210 e. The van der Waals surface area contributed by atoms with Crippen LogP contribution in [0.4, 0.5) is 0 Å². The van der Waals surface area contributed by atoms with E-state index in [2.05, 4.69) is 66.3 Å². The van der Waals surface area contributed by atoms with Gasteiger partial charge in [0.05, 0.1) is 0 Å². The van der Waals surface area contributed by atoms with Crippen molar-refractivity contribution in [2.45, 2.75) is 39.3 Å². The molecule has 1 N–H and O–H groups in total. The number of hydrogen-bond donors (Lipinski definition) is 1. The molecule has 3 heteroatoms. The van der Waals surface area contributed by atoms with Crippen LogP contribution in [0.3, 0.4) is 0 Å². The van der Waals surface area contributed by atoms with E-state index in [4.69, 9.17) is 0 Å². The second-order valence-corrected chi connectivity index (χ2v) is 5.13. The Labute approximate surface area is 107 Å². The van der Waals surface area contributed by atoms with E-state index in [0.29, 0.717) is 0 Å². The largest absolute Gasteiger partial charge is 0.308 e. The fraction of sp³-hybridized carbons (Fsp3) is 0.500. The van der Waals surface area contributed by atoms with Crippen molar-refractivity contribution < 1.29 is 0 Å². The second kappa shape index (κ2) is 6.51. The maximum atomic E-state index is 3.53. The summed E-state index contributed by atoms with van der Waals surface area (Å²) in [4.78, 5) is 0. The van der Waals surface area contributed by atoms with Crippen molar-refractivity contribution in [1.29, 1.82) is 0 Å². The van der Waals surface area contributed by atoms with Crippen LogP contribution in [0.25, 0.3) is 0 Å². The lowest BCUT2D eigenvalue weighted by Gasteiger charge is -2.24. The van der Waals surface area contributed by atoms with E-state index in [-0.39, 0.29) is 17.9 Å². The molecular weight excluding hydrogens is 273 g/mol. The van der Waals surface area contributed by atoms with Gasteiger partial charge in [-0.3, -0.25) is 0 Å². The summed E-state index contributed by atoms with van der Waals surface area (Å²) in [6.45, 7) is 7.60. The van der Waals surface area contributed by atoms with Crippen LogP contribution in [0.2, 0.25) is 0 Å². The number of halogens is 2. The highest BCUT2D eigenvalue weighted by Gasteiger charge is 2.12. The zero-order valence-corrected chi connectivity index (χ0v) is 11.9. The third-order valence-corrected chi connectivity index (χ3v) is 3.10. The van der Waals surface area contributed by atoms with Gasteiger partial charge < -0.3 is 5.32 Å². The Morgan fingerprint density at radius 3 is 2.20 bits per heavy atom. The van der Waals surface area contributed by atoms with Crippen LogP contribution in [0.5, 0.6) is 0 Å². The highest BCUT2D eigenvalue weighted by atomic mass is 79.9. The highest BCUT2D eigenvalue weighted by Crippen LogP contribution is 2.12. The zero-order valence-electron chi connectivity index (χ0n) is 9.51. The van der Waals surface area contributed by atoms with E-state index in [1.165, 1.54) is 5.56 Å². The summed E-state index contributed by atoms with van der Waals surface area (Å²) in [7, 11) is 0. The van der Waals surface area contributed by atoms with E-state index >= 15 is 0 Å². The fourth-order valence-corrected chi connectivity index (χ4v) is 1.33. The van der Waals surface area contributed by atoms with Crippen LogP contribution in [-0.4, -0.2) is 5.54 Å². The summed E-state index contributed by atoms with van der Waals surface area (Å²) < 4.78 is 1.14. The number of hydrogen-bond acceptors (Lipinski definition) is 1. The van der Waals surface area contributed by atoms with Crippen LogP contribution in [-0.2, 0) is 6.54 Å². The minimum Gasteiger partial charge on any atom is -0.308 e. The lowest BCUT2D eigenvalue weighted by molar-refractivity contribution is 0.374. The summed E-state index contributed by atoms with van der Waals surface area (Å²) >= 11 is 3.43. The van der Waals surface area contributed by atoms with Crippen molar-refractivity contribution in [3.05, 3.63) is 34.3 Å². The van der Waals surface area contributed by atoms with Crippen LogP contribution >= 0.6 is 28.3 Å². The van der Waals surface area contributed by atoms with Gasteiger partial charge in [0.1, 0.15) is 0 Å². The molecule has 0 aliphatic rings. The van der Waals surface area contributed by atoms with Gasteiger partial charge in [0, 0.05) is 16.6 Å². The Morgan fingerprint density at radius 2 is 1.73 bits per heavy atom. The van der Waals surface area contributed by atoms with Gasteiger partial charge in [0.15, 0.2) is 0 Å². The molecule has 0 spiro atoms. The molecule has 0 saturated heterocycles. The van der Waals surface area contributed by atoms with Crippen molar-refractivity contribution in [1.82, 2.24) is 5.32 Å². The van der Waals surface area contributed by atoms with Gasteiger partial charge in [-0.1, -0.05) is 35.0 Å². The molecule has 0 aliphatic heterocycles. The molecule has 1 aromatic carbocycles. The van der Waals surface area contributed by atoms with Crippen molar-refractivity contribution >= 4 is 28.3 Å². The summed E-state index contributed by atoms with van der Waals surface area (Å²) in [6.07, 6.45) is 1.14. The van der Waals surface area contributed by atoms with Gasteiger partial charge in [0.2, 0.25) is 0 Å². The molecule has 0 unspecified atom stereocenters. The Kier molecular flexibility index (Phi) is 6.49. The summed E-state index contributed by atoms with van der Waals surface area (Å²) in [6, 6.07) is 8.44. The van der Waals surface area contributed by atoms with E-state index in [0.717, 1.165) is 17.4 Å². The van der Waals surface area contributed by atoms with Gasteiger partial charge >= 0.3 is 0 Å². The minimum absolute atomic E-state index is 0. The first-order valence-electron chi connectivity index (χ1n) is 5.03. The molecule has 0 heterocycles. The predicted molar refractivity (Wildman–Crippen MR) is 72.6 cm³/mol. The molecule has 1 aromatic rings. The second-order valence-electron chi connectivity index (χ2n) is 4.22. The summed E-state index contributed by atoms with van der Waals surface area (Å²) in [5.74, 6) is 0. The molecule has 86 valence electrons. The van der Waals surface area contributed by atoms with E-state index in [1.54, 1.807) is 0 Å². The Hall–Kier alpha value is -0.0500. The molecule has 0 aromatic heterocycles. The SMILES string of the molecule is CCC(C)(C)NCc1ccc(Br)cc1.Cl. The van der Waals surface area contributed by atoms with E-state index in [1.807, 2.05) is 0 Å². The third kappa shape index (κ3) is 5.55. The molecule has 0 aliphatic carbocycles. The Morgan fingerprint density at radius 1 is 1.20 bits per heavy atom. The molecule has 0 fully saturated rings. The first-order chi connectivity index (χ1) is 6.53. The molecule has 15 heavy (non-hydrogen) atoms. The molecule has 1 nitrogen and oxygen atoms in total. The Balaban J connectivity index is 0.00000196. The predicted octanol–water partition coefficient (Wildman–Crippen LogP) is 4.15. The number of rotatable bonds is 4. The molecule has 0 bridgehead atoms. The number of nitrogens with one attached hydrogen (secondary N) is 1. The monoisotopic (exact) mass is 291 g/mol. The van der Waals surface area contributed by atoms with E-state index in [9.17, 15) is 0 Å². The topological polar surface area (TPSA) is 12.0 Å². The van der Waals surface area contributed by atoms with Crippen molar-refractivity contribution in [3.63, 3.8) is 0 Å². The highest BCUT2D eigenvalue weighted by molar-refractivity contribution is 9.10. The van der Waals surface area contributed by atoms with Crippen molar-refractivity contribution in [2.75, 3.05) is 0 Å². The van der Waals surface area contributed by atoms with Crippen molar-refractivity contribution in [2.24, 2.45) is 0 Å².